The number of nitrogens with one attached hydrogen (secondary N) is 3. The standard InChI is InChI=1S/C12H17N3O4/c16-6-7-3-1-2-4-9(7)14-10(17)8-5-13-12(19)15-11(8)18/h5,7,9,16H,1-4,6H2,(H,14,17)(H2,13,15,18,19). The smallest absolute Gasteiger partial charge is 0.325 e. The first-order chi connectivity index (χ1) is 9.11. The summed E-state index contributed by atoms with van der Waals surface area (Å²) in [5.74, 6) is -0.498. The summed E-state index contributed by atoms with van der Waals surface area (Å²) in [5.41, 5.74) is -1.48. The van der Waals surface area contributed by atoms with Crippen LogP contribution in [0.25, 0.3) is 0 Å². The minimum atomic E-state index is -0.711. The van der Waals surface area contributed by atoms with E-state index in [0.717, 1.165) is 31.9 Å². The molecule has 0 spiro atoms. The van der Waals surface area contributed by atoms with Crippen LogP contribution in [-0.4, -0.2) is 33.6 Å². The molecule has 7 nitrogen and oxygen atoms in total. The summed E-state index contributed by atoms with van der Waals surface area (Å²) in [6.07, 6.45) is 4.79. The van der Waals surface area contributed by atoms with Gasteiger partial charge in [-0.05, 0) is 12.8 Å². The van der Waals surface area contributed by atoms with Crippen molar-refractivity contribution in [3.63, 3.8) is 0 Å². The van der Waals surface area contributed by atoms with E-state index in [-0.39, 0.29) is 24.1 Å². The van der Waals surface area contributed by atoms with Crippen LogP contribution in [0.5, 0.6) is 0 Å². The van der Waals surface area contributed by atoms with Crippen LogP contribution in [0.3, 0.4) is 0 Å². The number of aromatic amines is 2. The maximum Gasteiger partial charge on any atom is 0.325 e. The molecule has 0 radical (unpaired) electrons. The fraction of sp³-hybridized carbons (Fsp3) is 0.583. The Morgan fingerprint density at radius 3 is 2.79 bits per heavy atom. The van der Waals surface area contributed by atoms with E-state index in [1.807, 2.05) is 4.98 Å². The molecule has 0 saturated heterocycles. The Bertz CT molecular complexity index is 563. The van der Waals surface area contributed by atoms with Crippen molar-refractivity contribution in [3.05, 3.63) is 32.6 Å². The highest BCUT2D eigenvalue weighted by atomic mass is 16.3. The van der Waals surface area contributed by atoms with Crippen molar-refractivity contribution in [1.29, 1.82) is 0 Å². The number of aliphatic hydroxyl groups is 1. The lowest BCUT2D eigenvalue weighted by atomic mass is 9.85. The van der Waals surface area contributed by atoms with Crippen LogP contribution >= 0.6 is 0 Å². The van der Waals surface area contributed by atoms with Gasteiger partial charge in [0.1, 0.15) is 5.56 Å². The van der Waals surface area contributed by atoms with E-state index in [1.165, 1.54) is 0 Å². The molecule has 1 heterocycles. The van der Waals surface area contributed by atoms with Crippen LogP contribution in [0.1, 0.15) is 36.0 Å². The first kappa shape index (κ1) is 13.5. The van der Waals surface area contributed by atoms with Crippen molar-refractivity contribution in [2.24, 2.45) is 5.92 Å². The number of carbonyl (C=O) groups is 1. The van der Waals surface area contributed by atoms with Crippen molar-refractivity contribution < 1.29 is 9.90 Å². The second-order valence-electron chi connectivity index (χ2n) is 4.79. The quantitative estimate of drug-likeness (QED) is 0.582. The molecular weight excluding hydrogens is 250 g/mol. The van der Waals surface area contributed by atoms with Gasteiger partial charge in [-0.25, -0.2) is 4.79 Å². The molecule has 1 aromatic rings. The SMILES string of the molecule is O=C(NC1CCCCC1CO)c1c[nH]c(=O)[nH]c1=O. The first-order valence-corrected chi connectivity index (χ1v) is 6.35. The predicted molar refractivity (Wildman–Crippen MR) is 68.0 cm³/mol. The fourth-order valence-corrected chi connectivity index (χ4v) is 2.44. The predicted octanol–water partition coefficient (Wildman–Crippen LogP) is -0.656. The number of hydrogen-bond acceptors (Lipinski definition) is 4. The molecule has 19 heavy (non-hydrogen) atoms. The molecule has 0 bridgehead atoms. The van der Waals surface area contributed by atoms with Gasteiger partial charge in [-0.3, -0.25) is 14.6 Å². The molecule has 1 aliphatic rings. The van der Waals surface area contributed by atoms with Crippen molar-refractivity contribution in [2.75, 3.05) is 6.61 Å². The molecule has 1 saturated carbocycles. The Morgan fingerprint density at radius 1 is 1.37 bits per heavy atom. The minimum Gasteiger partial charge on any atom is -0.396 e. The number of amides is 1. The third kappa shape index (κ3) is 3.11. The highest BCUT2D eigenvalue weighted by Crippen LogP contribution is 2.23. The largest absolute Gasteiger partial charge is 0.396 e. The van der Waals surface area contributed by atoms with E-state index in [9.17, 15) is 19.5 Å². The molecule has 1 fully saturated rings. The van der Waals surface area contributed by atoms with Crippen LogP contribution in [0.15, 0.2) is 15.8 Å². The van der Waals surface area contributed by atoms with E-state index < -0.39 is 17.2 Å². The maximum atomic E-state index is 12.0. The van der Waals surface area contributed by atoms with Crippen LogP contribution in [0.2, 0.25) is 0 Å². The number of hydrogen-bond donors (Lipinski definition) is 4. The third-order valence-electron chi connectivity index (χ3n) is 3.52. The number of aromatic nitrogens is 2. The Kier molecular flexibility index (Phi) is 4.16. The van der Waals surface area contributed by atoms with E-state index >= 15 is 0 Å². The van der Waals surface area contributed by atoms with E-state index in [4.69, 9.17) is 0 Å². The molecule has 0 aliphatic heterocycles. The van der Waals surface area contributed by atoms with Crippen molar-refractivity contribution in [3.8, 4) is 0 Å². The Labute approximate surface area is 109 Å². The zero-order valence-corrected chi connectivity index (χ0v) is 10.4. The molecule has 104 valence electrons. The monoisotopic (exact) mass is 267 g/mol. The average molecular weight is 267 g/mol. The fourth-order valence-electron chi connectivity index (χ4n) is 2.44. The van der Waals surface area contributed by atoms with Gasteiger partial charge >= 0.3 is 5.69 Å². The van der Waals surface area contributed by atoms with Gasteiger partial charge in [0.15, 0.2) is 0 Å². The second-order valence-corrected chi connectivity index (χ2v) is 4.79. The van der Waals surface area contributed by atoms with Crippen LogP contribution in [0, 0.1) is 5.92 Å². The molecule has 2 unspecified atom stereocenters. The Balaban J connectivity index is 2.11. The molecular formula is C12H17N3O4. The summed E-state index contributed by atoms with van der Waals surface area (Å²) in [7, 11) is 0. The highest BCUT2D eigenvalue weighted by Gasteiger charge is 2.26. The van der Waals surface area contributed by atoms with Crippen molar-refractivity contribution in [1.82, 2.24) is 15.3 Å². The van der Waals surface area contributed by atoms with Crippen molar-refractivity contribution in [2.45, 2.75) is 31.7 Å². The topological polar surface area (TPSA) is 115 Å². The van der Waals surface area contributed by atoms with Gasteiger partial charge in [-0.2, -0.15) is 0 Å². The lowest BCUT2D eigenvalue weighted by Crippen LogP contribution is -2.45. The summed E-state index contributed by atoms with van der Waals surface area (Å²) < 4.78 is 0. The number of aliphatic hydroxyl groups excluding tert-OH is 1. The van der Waals surface area contributed by atoms with Crippen LogP contribution in [0.4, 0.5) is 0 Å². The average Bonchev–Trinajstić information content (AvgIpc) is 2.39. The normalized spacial score (nSPS) is 23.0. The summed E-state index contributed by atoms with van der Waals surface area (Å²) in [4.78, 5) is 38.6. The molecule has 1 aromatic heterocycles. The molecule has 1 amide bonds. The van der Waals surface area contributed by atoms with Crippen molar-refractivity contribution >= 4 is 5.91 Å². The molecule has 7 heteroatoms. The number of H-pyrrole nitrogens is 2. The Morgan fingerprint density at radius 2 is 2.11 bits per heavy atom. The van der Waals surface area contributed by atoms with Gasteiger partial charge in [0.2, 0.25) is 0 Å². The minimum absolute atomic E-state index is 0.0208. The van der Waals surface area contributed by atoms with E-state index in [1.54, 1.807) is 0 Å². The number of carbonyl (C=O) groups excluding carboxylic acids is 1. The lowest BCUT2D eigenvalue weighted by Gasteiger charge is -2.30. The van der Waals surface area contributed by atoms with Gasteiger partial charge in [0.05, 0.1) is 0 Å². The molecule has 2 atom stereocenters. The maximum absolute atomic E-state index is 12.0. The molecule has 2 rings (SSSR count). The summed E-state index contributed by atoms with van der Waals surface area (Å²) in [6.45, 7) is 0.0208. The van der Waals surface area contributed by atoms with Gasteiger partial charge in [0, 0.05) is 24.8 Å². The zero-order valence-electron chi connectivity index (χ0n) is 10.4. The summed E-state index contributed by atoms with van der Waals surface area (Å²) in [5, 5.41) is 12.0. The van der Waals surface area contributed by atoms with Crippen LogP contribution in [-0.2, 0) is 0 Å². The second kappa shape index (κ2) is 5.83. The van der Waals surface area contributed by atoms with E-state index in [0.29, 0.717) is 0 Å². The molecule has 4 N–H and O–H groups in total. The van der Waals surface area contributed by atoms with E-state index in [2.05, 4.69) is 10.3 Å². The van der Waals surface area contributed by atoms with Crippen LogP contribution < -0.4 is 16.6 Å². The van der Waals surface area contributed by atoms with Gasteiger partial charge in [-0.15, -0.1) is 0 Å². The molecule has 0 aromatic carbocycles. The number of rotatable bonds is 3. The third-order valence-corrected chi connectivity index (χ3v) is 3.52. The molecule has 1 aliphatic carbocycles. The first-order valence-electron chi connectivity index (χ1n) is 6.35. The van der Waals surface area contributed by atoms with Gasteiger partial charge in [0.25, 0.3) is 11.5 Å². The summed E-state index contributed by atoms with van der Waals surface area (Å²) in [6, 6.07) is -0.127. The lowest BCUT2D eigenvalue weighted by molar-refractivity contribution is 0.0870. The highest BCUT2D eigenvalue weighted by molar-refractivity contribution is 5.93. The van der Waals surface area contributed by atoms with Gasteiger partial charge in [-0.1, -0.05) is 12.8 Å². The van der Waals surface area contributed by atoms with Gasteiger partial charge < -0.3 is 15.4 Å². The summed E-state index contributed by atoms with van der Waals surface area (Å²) >= 11 is 0. The Hall–Kier alpha value is -1.89. The zero-order chi connectivity index (χ0) is 13.8.